The first-order chi connectivity index (χ1) is 9.88. The van der Waals surface area contributed by atoms with Crippen LogP contribution in [0.1, 0.15) is 16.8 Å². The Balaban J connectivity index is 2.11. The molecule has 0 aliphatic carbocycles. The first-order valence-electron chi connectivity index (χ1n) is 6.11. The number of aromatic nitrogens is 2. The van der Waals surface area contributed by atoms with Crippen molar-refractivity contribution < 1.29 is 13.2 Å². The molecule has 21 heavy (non-hydrogen) atoms. The van der Waals surface area contributed by atoms with E-state index in [1.54, 1.807) is 19.1 Å². The maximum Gasteiger partial charge on any atom is 0.416 e. The van der Waals surface area contributed by atoms with Crippen molar-refractivity contribution in [1.29, 1.82) is 0 Å². The molecule has 2 aromatic rings. The van der Waals surface area contributed by atoms with Gasteiger partial charge in [0.15, 0.2) is 0 Å². The van der Waals surface area contributed by atoms with Gasteiger partial charge in [-0.05, 0) is 24.6 Å². The minimum absolute atomic E-state index is 0.213. The molecule has 0 spiro atoms. The maximum absolute atomic E-state index is 12.6. The van der Waals surface area contributed by atoms with E-state index in [-0.39, 0.29) is 12.5 Å². The number of hydrazine groups is 1. The zero-order chi connectivity index (χ0) is 15.5. The topological polar surface area (TPSA) is 75.9 Å². The summed E-state index contributed by atoms with van der Waals surface area (Å²) in [4.78, 5) is 8.08. The summed E-state index contributed by atoms with van der Waals surface area (Å²) in [5.41, 5.74) is 2.84. The van der Waals surface area contributed by atoms with E-state index < -0.39 is 11.7 Å². The SMILES string of the molecule is Cc1cc(NCc2cccc(C(F)(F)F)c2)nc(NN)n1. The summed E-state index contributed by atoms with van der Waals surface area (Å²) in [6, 6.07) is 6.79. The van der Waals surface area contributed by atoms with Gasteiger partial charge in [-0.25, -0.2) is 10.8 Å². The van der Waals surface area contributed by atoms with Crippen LogP contribution in [0.2, 0.25) is 0 Å². The summed E-state index contributed by atoms with van der Waals surface area (Å²) in [6.07, 6.45) is -4.35. The number of nitrogens with zero attached hydrogens (tertiary/aromatic N) is 2. The first-order valence-corrected chi connectivity index (χ1v) is 6.11. The number of halogens is 3. The summed E-state index contributed by atoms with van der Waals surface area (Å²) in [7, 11) is 0. The van der Waals surface area contributed by atoms with Crippen LogP contribution in [-0.2, 0) is 12.7 Å². The Morgan fingerprint density at radius 1 is 1.19 bits per heavy atom. The van der Waals surface area contributed by atoms with Gasteiger partial charge < -0.3 is 5.32 Å². The second-order valence-electron chi connectivity index (χ2n) is 4.41. The molecule has 0 unspecified atom stereocenters. The number of anilines is 2. The van der Waals surface area contributed by atoms with E-state index in [2.05, 4.69) is 20.7 Å². The van der Waals surface area contributed by atoms with Gasteiger partial charge in [-0.3, -0.25) is 5.43 Å². The van der Waals surface area contributed by atoms with Crippen molar-refractivity contribution in [2.45, 2.75) is 19.6 Å². The molecule has 0 fully saturated rings. The Kier molecular flexibility index (Phi) is 4.27. The van der Waals surface area contributed by atoms with Crippen molar-refractivity contribution in [1.82, 2.24) is 9.97 Å². The number of rotatable bonds is 4. The zero-order valence-electron chi connectivity index (χ0n) is 11.2. The third-order valence-corrected chi connectivity index (χ3v) is 2.71. The Labute approximate surface area is 119 Å². The molecule has 1 aromatic carbocycles. The molecule has 8 heteroatoms. The highest BCUT2D eigenvalue weighted by Gasteiger charge is 2.30. The molecular weight excluding hydrogens is 283 g/mol. The van der Waals surface area contributed by atoms with Crippen LogP contribution in [0.15, 0.2) is 30.3 Å². The molecule has 0 aliphatic rings. The summed E-state index contributed by atoms with van der Waals surface area (Å²) >= 11 is 0. The Bertz CT molecular complexity index is 627. The third kappa shape index (κ3) is 4.06. The van der Waals surface area contributed by atoms with E-state index in [1.165, 1.54) is 6.07 Å². The number of nitrogen functional groups attached to an aromatic ring is 1. The van der Waals surface area contributed by atoms with Gasteiger partial charge >= 0.3 is 6.18 Å². The van der Waals surface area contributed by atoms with Gasteiger partial charge in [0.2, 0.25) is 5.95 Å². The van der Waals surface area contributed by atoms with Crippen molar-refractivity contribution >= 4 is 11.8 Å². The van der Waals surface area contributed by atoms with E-state index in [4.69, 9.17) is 5.84 Å². The predicted molar refractivity (Wildman–Crippen MR) is 73.3 cm³/mol. The number of alkyl halides is 3. The van der Waals surface area contributed by atoms with Crippen LogP contribution in [-0.4, -0.2) is 9.97 Å². The lowest BCUT2D eigenvalue weighted by molar-refractivity contribution is -0.137. The summed E-state index contributed by atoms with van der Waals surface area (Å²) in [5.74, 6) is 5.95. The number of nitrogens with one attached hydrogen (secondary N) is 2. The van der Waals surface area contributed by atoms with Crippen molar-refractivity contribution in [2.24, 2.45) is 5.84 Å². The van der Waals surface area contributed by atoms with E-state index in [0.29, 0.717) is 17.1 Å². The average molecular weight is 297 g/mol. The number of aryl methyl sites for hydroxylation is 1. The molecule has 0 saturated heterocycles. The fraction of sp³-hybridized carbons (Fsp3) is 0.231. The first kappa shape index (κ1) is 15.0. The monoisotopic (exact) mass is 297 g/mol. The van der Waals surface area contributed by atoms with Gasteiger partial charge in [-0.2, -0.15) is 18.2 Å². The van der Waals surface area contributed by atoms with Crippen molar-refractivity contribution in [3.8, 4) is 0 Å². The fourth-order valence-corrected chi connectivity index (χ4v) is 1.77. The standard InChI is InChI=1S/C13H14F3N5/c1-8-5-11(20-12(19-8)21-17)18-7-9-3-2-4-10(6-9)13(14,15)16/h2-6H,7,17H2,1H3,(H2,18,19,20,21). The fourth-order valence-electron chi connectivity index (χ4n) is 1.77. The van der Waals surface area contributed by atoms with E-state index >= 15 is 0 Å². The maximum atomic E-state index is 12.6. The lowest BCUT2D eigenvalue weighted by atomic mass is 10.1. The number of hydrogen-bond acceptors (Lipinski definition) is 5. The highest BCUT2D eigenvalue weighted by molar-refractivity contribution is 5.42. The molecule has 0 atom stereocenters. The molecule has 112 valence electrons. The van der Waals surface area contributed by atoms with E-state index in [0.717, 1.165) is 12.1 Å². The summed E-state index contributed by atoms with van der Waals surface area (Å²) in [6.45, 7) is 1.97. The zero-order valence-corrected chi connectivity index (χ0v) is 11.2. The van der Waals surface area contributed by atoms with Crippen LogP contribution in [0, 0.1) is 6.92 Å². The number of hydrogen-bond donors (Lipinski definition) is 3. The van der Waals surface area contributed by atoms with Crippen LogP contribution in [0.25, 0.3) is 0 Å². The molecule has 5 nitrogen and oxygen atoms in total. The second-order valence-corrected chi connectivity index (χ2v) is 4.41. The summed E-state index contributed by atoms with van der Waals surface area (Å²) in [5, 5.41) is 2.94. The molecule has 0 radical (unpaired) electrons. The van der Waals surface area contributed by atoms with Crippen molar-refractivity contribution in [2.75, 3.05) is 10.7 Å². The van der Waals surface area contributed by atoms with Crippen LogP contribution < -0.4 is 16.6 Å². The minimum atomic E-state index is -4.35. The van der Waals surface area contributed by atoms with E-state index in [9.17, 15) is 13.2 Å². The smallest absolute Gasteiger partial charge is 0.366 e. The molecule has 1 aromatic heterocycles. The Morgan fingerprint density at radius 3 is 2.62 bits per heavy atom. The quantitative estimate of drug-likeness (QED) is 0.597. The molecule has 0 amide bonds. The molecule has 0 bridgehead atoms. The predicted octanol–water partition coefficient (Wildman–Crippen LogP) is 2.70. The molecule has 4 N–H and O–H groups in total. The van der Waals surface area contributed by atoms with Crippen molar-refractivity contribution in [3.63, 3.8) is 0 Å². The molecule has 1 heterocycles. The van der Waals surface area contributed by atoms with Gasteiger partial charge in [0.25, 0.3) is 0 Å². The molecule has 0 aliphatic heterocycles. The highest BCUT2D eigenvalue weighted by Crippen LogP contribution is 2.29. The Hall–Kier alpha value is -2.35. The normalized spacial score (nSPS) is 11.3. The van der Waals surface area contributed by atoms with Crippen LogP contribution in [0.3, 0.4) is 0 Å². The highest BCUT2D eigenvalue weighted by atomic mass is 19.4. The molecule has 0 saturated carbocycles. The van der Waals surface area contributed by atoms with Crippen LogP contribution in [0.5, 0.6) is 0 Å². The van der Waals surface area contributed by atoms with Crippen molar-refractivity contribution in [3.05, 3.63) is 47.2 Å². The van der Waals surface area contributed by atoms with Crippen LogP contribution >= 0.6 is 0 Å². The number of nitrogens with two attached hydrogens (primary N) is 1. The average Bonchev–Trinajstić information content (AvgIpc) is 2.44. The van der Waals surface area contributed by atoms with Crippen LogP contribution in [0.4, 0.5) is 24.9 Å². The Morgan fingerprint density at radius 2 is 1.95 bits per heavy atom. The van der Waals surface area contributed by atoms with Gasteiger partial charge in [0.1, 0.15) is 5.82 Å². The molecular formula is C13H14F3N5. The second kappa shape index (κ2) is 5.96. The van der Waals surface area contributed by atoms with E-state index in [1.807, 2.05) is 0 Å². The van der Waals surface area contributed by atoms with Gasteiger partial charge in [0.05, 0.1) is 5.56 Å². The third-order valence-electron chi connectivity index (χ3n) is 2.71. The largest absolute Gasteiger partial charge is 0.416 e. The molecule has 2 rings (SSSR count). The van der Waals surface area contributed by atoms with Gasteiger partial charge in [0, 0.05) is 18.3 Å². The van der Waals surface area contributed by atoms with Gasteiger partial charge in [-0.1, -0.05) is 12.1 Å². The lowest BCUT2D eigenvalue weighted by Gasteiger charge is -2.10. The summed E-state index contributed by atoms with van der Waals surface area (Å²) < 4.78 is 37.9. The van der Waals surface area contributed by atoms with Gasteiger partial charge in [-0.15, -0.1) is 0 Å². The number of benzene rings is 1. The lowest BCUT2D eigenvalue weighted by Crippen LogP contribution is -2.13. The minimum Gasteiger partial charge on any atom is -0.366 e.